The Morgan fingerprint density at radius 1 is 1.38 bits per heavy atom. The van der Waals surface area contributed by atoms with Crippen LogP contribution in [-0.2, 0) is 4.74 Å². The summed E-state index contributed by atoms with van der Waals surface area (Å²) in [6.45, 7) is 1.71. The molecule has 0 unspecified atom stereocenters. The van der Waals surface area contributed by atoms with Crippen LogP contribution in [0.3, 0.4) is 0 Å². The Labute approximate surface area is 95.9 Å². The second-order valence-corrected chi connectivity index (χ2v) is 3.94. The second-order valence-electron chi connectivity index (χ2n) is 3.94. The Kier molecular flexibility index (Phi) is 3.88. The number of hydrogen-bond acceptors (Lipinski definition) is 3. The number of nitrogens with zero attached hydrogens (tertiary/aromatic N) is 3. The molecule has 4 nitrogen and oxygen atoms in total. The first-order chi connectivity index (χ1) is 7.90. The summed E-state index contributed by atoms with van der Waals surface area (Å²) in [5.41, 5.74) is 0.894. The Bertz CT molecular complexity index is 339. The van der Waals surface area contributed by atoms with E-state index in [1.165, 1.54) is 6.42 Å². The average molecular weight is 219 g/mol. The molecule has 1 aromatic rings. The van der Waals surface area contributed by atoms with Gasteiger partial charge in [-0.25, -0.2) is 0 Å². The molecule has 0 spiro atoms. The zero-order valence-electron chi connectivity index (χ0n) is 9.54. The molecule has 0 N–H and O–H groups in total. The maximum atomic E-state index is 5.16. The fourth-order valence-electron chi connectivity index (χ4n) is 1.90. The molecule has 0 amide bonds. The third-order valence-electron chi connectivity index (χ3n) is 2.74. The molecule has 2 rings (SSSR count). The van der Waals surface area contributed by atoms with Gasteiger partial charge >= 0.3 is 0 Å². The summed E-state index contributed by atoms with van der Waals surface area (Å²) in [7, 11) is 1.73. The summed E-state index contributed by atoms with van der Waals surface area (Å²) in [5.74, 6) is 0. The van der Waals surface area contributed by atoms with Gasteiger partial charge in [-0.15, -0.1) is 5.11 Å². The molecule has 86 valence electrons. The number of methoxy groups -OCH3 is 1. The van der Waals surface area contributed by atoms with Crippen molar-refractivity contribution in [1.29, 1.82) is 0 Å². The van der Waals surface area contributed by atoms with Gasteiger partial charge in [0.1, 0.15) is 0 Å². The minimum Gasteiger partial charge on any atom is -0.382 e. The van der Waals surface area contributed by atoms with Crippen molar-refractivity contribution in [1.82, 2.24) is 5.01 Å². The molecule has 16 heavy (non-hydrogen) atoms. The molecule has 1 fully saturated rings. The molecular weight excluding hydrogens is 202 g/mol. The number of hydrogen-bond donors (Lipinski definition) is 0. The van der Waals surface area contributed by atoms with Crippen LogP contribution in [0.1, 0.15) is 12.8 Å². The highest BCUT2D eigenvalue weighted by molar-refractivity contribution is 5.34. The lowest BCUT2D eigenvalue weighted by Crippen LogP contribution is -2.27. The van der Waals surface area contributed by atoms with Crippen LogP contribution in [0, 0.1) is 0 Å². The van der Waals surface area contributed by atoms with Crippen LogP contribution in [0.2, 0.25) is 0 Å². The standard InChI is InChI=1S/C12H17N3O/c1-16-10-12-8-5-9-15(12)14-13-11-6-3-2-4-7-11/h2-4,6-7,12H,5,8-10H2,1H3/t12-/m0/s1. The topological polar surface area (TPSA) is 37.2 Å². The lowest BCUT2D eigenvalue weighted by atomic mass is 10.2. The van der Waals surface area contributed by atoms with Crippen molar-refractivity contribution in [3.63, 3.8) is 0 Å². The van der Waals surface area contributed by atoms with Crippen LogP contribution in [0.25, 0.3) is 0 Å². The fourth-order valence-corrected chi connectivity index (χ4v) is 1.90. The van der Waals surface area contributed by atoms with Crippen molar-refractivity contribution in [2.24, 2.45) is 10.3 Å². The van der Waals surface area contributed by atoms with Gasteiger partial charge in [-0.05, 0) is 25.0 Å². The van der Waals surface area contributed by atoms with Crippen LogP contribution < -0.4 is 0 Å². The van der Waals surface area contributed by atoms with Crippen molar-refractivity contribution in [2.75, 3.05) is 20.3 Å². The van der Waals surface area contributed by atoms with Crippen LogP contribution in [0.4, 0.5) is 5.69 Å². The van der Waals surface area contributed by atoms with Crippen molar-refractivity contribution >= 4 is 5.69 Å². The minimum absolute atomic E-state index is 0.387. The Morgan fingerprint density at radius 2 is 2.19 bits per heavy atom. The molecular formula is C12H17N3O. The van der Waals surface area contributed by atoms with Crippen molar-refractivity contribution in [3.05, 3.63) is 30.3 Å². The normalized spacial score (nSPS) is 20.8. The fraction of sp³-hybridized carbons (Fsp3) is 0.500. The molecule has 1 aliphatic heterocycles. The second kappa shape index (κ2) is 5.61. The number of benzene rings is 1. The summed E-state index contributed by atoms with van der Waals surface area (Å²) in [4.78, 5) is 0. The van der Waals surface area contributed by atoms with E-state index in [1.54, 1.807) is 7.11 Å². The molecule has 1 heterocycles. The lowest BCUT2D eigenvalue weighted by molar-refractivity contribution is 0.113. The van der Waals surface area contributed by atoms with E-state index in [0.717, 1.165) is 25.3 Å². The Morgan fingerprint density at radius 3 is 2.94 bits per heavy atom. The highest BCUT2D eigenvalue weighted by Gasteiger charge is 2.23. The summed E-state index contributed by atoms with van der Waals surface area (Å²) in [5, 5.41) is 10.5. The average Bonchev–Trinajstić information content (AvgIpc) is 2.76. The van der Waals surface area contributed by atoms with E-state index in [4.69, 9.17) is 4.74 Å². The molecule has 1 atom stereocenters. The molecule has 0 radical (unpaired) electrons. The highest BCUT2D eigenvalue weighted by Crippen LogP contribution is 2.19. The van der Waals surface area contributed by atoms with Gasteiger partial charge in [-0.3, -0.25) is 5.01 Å². The molecule has 0 aliphatic carbocycles. The van der Waals surface area contributed by atoms with E-state index in [2.05, 4.69) is 10.3 Å². The van der Waals surface area contributed by atoms with Crippen LogP contribution >= 0.6 is 0 Å². The molecule has 0 aromatic heterocycles. The van der Waals surface area contributed by atoms with Gasteiger partial charge in [0.2, 0.25) is 0 Å². The van der Waals surface area contributed by atoms with E-state index in [0.29, 0.717) is 6.04 Å². The van der Waals surface area contributed by atoms with Crippen LogP contribution in [-0.4, -0.2) is 31.3 Å². The maximum Gasteiger partial charge on any atom is 0.0874 e. The summed E-state index contributed by atoms with van der Waals surface area (Å²) in [6.07, 6.45) is 2.31. The van der Waals surface area contributed by atoms with Crippen LogP contribution in [0.15, 0.2) is 40.7 Å². The van der Waals surface area contributed by atoms with Gasteiger partial charge < -0.3 is 4.74 Å². The van der Waals surface area contributed by atoms with Crippen molar-refractivity contribution < 1.29 is 4.74 Å². The largest absolute Gasteiger partial charge is 0.382 e. The SMILES string of the molecule is COC[C@@H]1CCCN1N=Nc1ccccc1. The predicted octanol–water partition coefficient (Wildman–Crippen LogP) is 2.80. The first-order valence-electron chi connectivity index (χ1n) is 5.62. The third-order valence-corrected chi connectivity index (χ3v) is 2.74. The zero-order valence-corrected chi connectivity index (χ0v) is 9.54. The van der Waals surface area contributed by atoms with E-state index < -0.39 is 0 Å². The Balaban J connectivity index is 1.96. The third kappa shape index (κ3) is 2.79. The smallest absolute Gasteiger partial charge is 0.0874 e. The van der Waals surface area contributed by atoms with Gasteiger partial charge in [0.25, 0.3) is 0 Å². The minimum atomic E-state index is 0.387. The summed E-state index contributed by atoms with van der Waals surface area (Å²) in [6, 6.07) is 10.2. The van der Waals surface area contributed by atoms with E-state index in [-0.39, 0.29) is 0 Å². The monoisotopic (exact) mass is 219 g/mol. The van der Waals surface area contributed by atoms with Gasteiger partial charge in [0, 0.05) is 13.7 Å². The maximum absolute atomic E-state index is 5.16. The first kappa shape index (κ1) is 11.1. The zero-order chi connectivity index (χ0) is 11.2. The van der Waals surface area contributed by atoms with E-state index in [1.807, 2.05) is 35.3 Å². The molecule has 4 heteroatoms. The highest BCUT2D eigenvalue weighted by atomic mass is 16.5. The van der Waals surface area contributed by atoms with Gasteiger partial charge in [-0.1, -0.05) is 23.4 Å². The molecule has 1 aromatic carbocycles. The van der Waals surface area contributed by atoms with Gasteiger partial charge in [-0.2, -0.15) is 0 Å². The lowest BCUT2D eigenvalue weighted by Gasteiger charge is -2.18. The van der Waals surface area contributed by atoms with Gasteiger partial charge in [0.15, 0.2) is 0 Å². The summed E-state index contributed by atoms with van der Waals surface area (Å²) < 4.78 is 5.16. The summed E-state index contributed by atoms with van der Waals surface area (Å²) >= 11 is 0. The van der Waals surface area contributed by atoms with Gasteiger partial charge in [0.05, 0.1) is 18.3 Å². The first-order valence-corrected chi connectivity index (χ1v) is 5.62. The molecule has 0 saturated carbocycles. The van der Waals surface area contributed by atoms with Crippen LogP contribution in [0.5, 0.6) is 0 Å². The Hall–Kier alpha value is -1.42. The number of ether oxygens (including phenoxy) is 1. The van der Waals surface area contributed by atoms with E-state index in [9.17, 15) is 0 Å². The quantitative estimate of drug-likeness (QED) is 0.730. The number of rotatable bonds is 4. The molecule has 0 bridgehead atoms. The van der Waals surface area contributed by atoms with E-state index >= 15 is 0 Å². The van der Waals surface area contributed by atoms with Crippen molar-refractivity contribution in [2.45, 2.75) is 18.9 Å². The predicted molar refractivity (Wildman–Crippen MR) is 62.6 cm³/mol. The molecule has 1 saturated heterocycles. The van der Waals surface area contributed by atoms with Crippen molar-refractivity contribution in [3.8, 4) is 0 Å². The molecule has 1 aliphatic rings.